The van der Waals surface area contributed by atoms with E-state index in [-0.39, 0.29) is 11.7 Å². The van der Waals surface area contributed by atoms with Gasteiger partial charge in [0.25, 0.3) is 0 Å². The Bertz CT molecular complexity index is 831. The lowest BCUT2D eigenvalue weighted by Gasteiger charge is -2.03. The van der Waals surface area contributed by atoms with Crippen molar-refractivity contribution in [3.8, 4) is 11.4 Å². The zero-order valence-corrected chi connectivity index (χ0v) is 14.5. The number of H-pyrrole nitrogens is 1. The Morgan fingerprint density at radius 1 is 1.17 bits per heavy atom. The third-order valence-electron chi connectivity index (χ3n) is 3.25. The molecule has 0 radical (unpaired) electrons. The van der Waals surface area contributed by atoms with E-state index >= 15 is 0 Å². The zero-order chi connectivity index (χ0) is 16.9. The van der Waals surface area contributed by atoms with Crippen LogP contribution in [0.2, 0.25) is 5.02 Å². The van der Waals surface area contributed by atoms with Gasteiger partial charge in [-0.3, -0.25) is 9.89 Å². The average Bonchev–Trinajstić information content (AvgIpc) is 3.05. The molecule has 0 aliphatic rings. The first-order valence-corrected chi connectivity index (χ1v) is 8.64. The molecule has 0 bridgehead atoms. The van der Waals surface area contributed by atoms with Crippen LogP contribution in [0.4, 0.5) is 5.69 Å². The fourth-order valence-corrected chi connectivity index (χ4v) is 2.74. The van der Waals surface area contributed by atoms with Gasteiger partial charge in [-0.15, -0.1) is 5.10 Å². The summed E-state index contributed by atoms with van der Waals surface area (Å²) >= 11 is 7.09. The maximum absolute atomic E-state index is 12.0. The van der Waals surface area contributed by atoms with Crippen molar-refractivity contribution < 1.29 is 4.79 Å². The summed E-state index contributed by atoms with van der Waals surface area (Å²) in [6.45, 7) is 2.03. The molecular formula is C17H15ClN4OS. The third-order valence-corrected chi connectivity index (χ3v) is 4.35. The Labute approximate surface area is 148 Å². The van der Waals surface area contributed by atoms with Gasteiger partial charge in [0.1, 0.15) is 0 Å². The number of halogens is 1. The lowest BCUT2D eigenvalue weighted by Crippen LogP contribution is -2.13. The average molecular weight is 359 g/mol. The van der Waals surface area contributed by atoms with Crippen LogP contribution in [0.1, 0.15) is 5.56 Å². The number of nitrogens with one attached hydrogen (secondary N) is 2. The minimum absolute atomic E-state index is 0.121. The number of nitrogens with zero attached hydrogens (tertiary/aromatic N) is 2. The van der Waals surface area contributed by atoms with Gasteiger partial charge in [-0.05, 0) is 31.2 Å². The second-order valence-corrected chi connectivity index (χ2v) is 6.56. The standard InChI is InChI=1S/C17H15ClN4OS/c1-11-2-4-12(5-3-11)16-20-17(22-21-16)24-10-15(23)19-14-8-6-13(18)7-9-14/h2-9H,10H2,1H3,(H,19,23)(H,20,21,22). The van der Waals surface area contributed by atoms with Crippen LogP contribution < -0.4 is 5.32 Å². The van der Waals surface area contributed by atoms with Crippen molar-refractivity contribution in [1.82, 2.24) is 15.2 Å². The zero-order valence-electron chi connectivity index (χ0n) is 12.9. The van der Waals surface area contributed by atoms with Gasteiger partial charge in [0, 0.05) is 16.3 Å². The largest absolute Gasteiger partial charge is 0.325 e. The molecule has 0 atom stereocenters. The van der Waals surface area contributed by atoms with E-state index in [4.69, 9.17) is 11.6 Å². The van der Waals surface area contributed by atoms with Crippen LogP contribution in [-0.4, -0.2) is 26.8 Å². The topological polar surface area (TPSA) is 70.7 Å². The van der Waals surface area contributed by atoms with E-state index in [9.17, 15) is 4.79 Å². The van der Waals surface area contributed by atoms with Crippen molar-refractivity contribution in [2.75, 3.05) is 11.1 Å². The quantitative estimate of drug-likeness (QED) is 0.672. The van der Waals surface area contributed by atoms with E-state index in [1.54, 1.807) is 24.3 Å². The van der Waals surface area contributed by atoms with E-state index in [1.807, 2.05) is 31.2 Å². The molecule has 0 spiro atoms. The number of rotatable bonds is 5. The van der Waals surface area contributed by atoms with Crippen LogP contribution in [0.25, 0.3) is 11.4 Å². The first-order valence-electron chi connectivity index (χ1n) is 7.28. The highest BCUT2D eigenvalue weighted by Crippen LogP contribution is 2.20. The van der Waals surface area contributed by atoms with Crippen molar-refractivity contribution in [2.24, 2.45) is 0 Å². The molecule has 0 unspecified atom stereocenters. The molecule has 122 valence electrons. The number of carbonyl (C=O) groups excluding carboxylic acids is 1. The number of amides is 1. The molecule has 1 amide bonds. The van der Waals surface area contributed by atoms with Gasteiger partial charge in [0.2, 0.25) is 11.1 Å². The number of hydrogen-bond acceptors (Lipinski definition) is 4. The molecule has 1 aromatic heterocycles. The van der Waals surface area contributed by atoms with Crippen molar-refractivity contribution in [2.45, 2.75) is 12.1 Å². The van der Waals surface area contributed by atoms with E-state index in [0.29, 0.717) is 21.7 Å². The first kappa shape index (κ1) is 16.5. The molecule has 0 fully saturated rings. The summed E-state index contributed by atoms with van der Waals surface area (Å²) in [5.41, 5.74) is 2.86. The van der Waals surface area contributed by atoms with E-state index in [0.717, 1.165) is 5.56 Å². The van der Waals surface area contributed by atoms with Gasteiger partial charge < -0.3 is 5.32 Å². The molecule has 0 aliphatic heterocycles. The highest BCUT2D eigenvalue weighted by atomic mass is 35.5. The van der Waals surface area contributed by atoms with Crippen LogP contribution in [-0.2, 0) is 4.79 Å². The Morgan fingerprint density at radius 3 is 2.58 bits per heavy atom. The number of aryl methyl sites for hydroxylation is 1. The van der Waals surface area contributed by atoms with E-state index in [2.05, 4.69) is 20.5 Å². The summed E-state index contributed by atoms with van der Waals surface area (Å²) in [5, 5.41) is 11.0. The number of aromatic amines is 1. The van der Waals surface area contributed by atoms with Crippen LogP contribution in [0.3, 0.4) is 0 Å². The monoisotopic (exact) mass is 358 g/mol. The number of aromatic nitrogens is 3. The van der Waals surface area contributed by atoms with Crippen LogP contribution >= 0.6 is 23.4 Å². The summed E-state index contributed by atoms with van der Waals surface area (Å²) in [5.74, 6) is 0.799. The number of hydrogen-bond donors (Lipinski definition) is 2. The SMILES string of the molecule is Cc1ccc(-c2nc(SCC(=O)Nc3ccc(Cl)cc3)n[nH]2)cc1. The number of thioether (sulfide) groups is 1. The summed E-state index contributed by atoms with van der Waals surface area (Å²) in [6, 6.07) is 15.0. The molecule has 0 saturated carbocycles. The maximum Gasteiger partial charge on any atom is 0.234 e. The van der Waals surface area contributed by atoms with Gasteiger partial charge in [-0.1, -0.05) is 53.2 Å². The minimum atomic E-state index is -0.121. The summed E-state index contributed by atoms with van der Waals surface area (Å²) in [6.07, 6.45) is 0. The highest BCUT2D eigenvalue weighted by molar-refractivity contribution is 7.99. The van der Waals surface area contributed by atoms with Crippen LogP contribution in [0.15, 0.2) is 53.7 Å². The summed E-state index contributed by atoms with van der Waals surface area (Å²) < 4.78 is 0. The Balaban J connectivity index is 1.56. The molecular weight excluding hydrogens is 344 g/mol. The predicted octanol–water partition coefficient (Wildman–Crippen LogP) is 4.16. The second kappa shape index (κ2) is 7.51. The van der Waals surface area contributed by atoms with Gasteiger partial charge in [0.05, 0.1) is 5.75 Å². The molecule has 2 aromatic carbocycles. The molecule has 2 N–H and O–H groups in total. The third kappa shape index (κ3) is 4.37. The molecule has 0 saturated heterocycles. The molecule has 3 aromatic rings. The molecule has 0 aliphatic carbocycles. The molecule has 3 rings (SSSR count). The molecule has 24 heavy (non-hydrogen) atoms. The molecule has 1 heterocycles. The molecule has 7 heteroatoms. The number of carbonyl (C=O) groups is 1. The van der Waals surface area contributed by atoms with Crippen molar-refractivity contribution in [3.05, 3.63) is 59.1 Å². The number of benzene rings is 2. The maximum atomic E-state index is 12.0. The van der Waals surface area contributed by atoms with E-state index < -0.39 is 0 Å². The van der Waals surface area contributed by atoms with Gasteiger partial charge in [0.15, 0.2) is 5.82 Å². The lowest BCUT2D eigenvalue weighted by atomic mass is 10.1. The second-order valence-electron chi connectivity index (χ2n) is 5.18. The summed E-state index contributed by atoms with van der Waals surface area (Å²) in [7, 11) is 0. The van der Waals surface area contributed by atoms with Crippen molar-refractivity contribution in [3.63, 3.8) is 0 Å². The Morgan fingerprint density at radius 2 is 1.88 bits per heavy atom. The first-order chi connectivity index (χ1) is 11.6. The van der Waals surface area contributed by atoms with Crippen LogP contribution in [0, 0.1) is 6.92 Å². The highest BCUT2D eigenvalue weighted by Gasteiger charge is 2.09. The minimum Gasteiger partial charge on any atom is -0.325 e. The number of anilines is 1. The normalized spacial score (nSPS) is 10.6. The fraction of sp³-hybridized carbons (Fsp3) is 0.118. The van der Waals surface area contributed by atoms with Gasteiger partial charge in [-0.25, -0.2) is 4.98 Å². The molecule has 5 nitrogen and oxygen atoms in total. The van der Waals surface area contributed by atoms with Gasteiger partial charge in [-0.2, -0.15) is 0 Å². The lowest BCUT2D eigenvalue weighted by molar-refractivity contribution is -0.113. The van der Waals surface area contributed by atoms with Crippen LogP contribution in [0.5, 0.6) is 0 Å². The fourth-order valence-electron chi connectivity index (χ4n) is 2.01. The van der Waals surface area contributed by atoms with E-state index in [1.165, 1.54) is 17.3 Å². The predicted molar refractivity (Wildman–Crippen MR) is 97.4 cm³/mol. The smallest absolute Gasteiger partial charge is 0.234 e. The van der Waals surface area contributed by atoms with Crippen molar-refractivity contribution in [1.29, 1.82) is 0 Å². The Hall–Kier alpha value is -2.31. The summed E-state index contributed by atoms with van der Waals surface area (Å²) in [4.78, 5) is 16.4. The van der Waals surface area contributed by atoms with Crippen molar-refractivity contribution >= 4 is 35.0 Å². The van der Waals surface area contributed by atoms with Gasteiger partial charge >= 0.3 is 0 Å². The Kier molecular flexibility index (Phi) is 5.17.